The summed E-state index contributed by atoms with van der Waals surface area (Å²) in [6.07, 6.45) is 2.94. The van der Waals surface area contributed by atoms with Crippen LogP contribution >= 0.6 is 0 Å². The Bertz CT molecular complexity index is 127. The summed E-state index contributed by atoms with van der Waals surface area (Å²) in [6, 6.07) is 0.0165. The smallest absolute Gasteiger partial charge is 0.146 e. The van der Waals surface area contributed by atoms with Gasteiger partial charge in [0.1, 0.15) is 5.78 Å². The van der Waals surface area contributed by atoms with Crippen LogP contribution in [-0.2, 0) is 4.79 Å². The first-order valence-electron chi connectivity index (χ1n) is 4.33. The normalized spacial score (nSPS) is 12.9. The van der Waals surface area contributed by atoms with Gasteiger partial charge >= 0.3 is 0 Å². The third-order valence-electron chi connectivity index (χ3n) is 1.90. The van der Waals surface area contributed by atoms with Crippen LogP contribution in [0.1, 0.15) is 26.2 Å². The van der Waals surface area contributed by atoms with E-state index in [9.17, 15) is 4.79 Å². The molecule has 4 heteroatoms. The summed E-state index contributed by atoms with van der Waals surface area (Å²) in [5, 5.41) is 2.98. The van der Waals surface area contributed by atoms with Gasteiger partial charge in [0.05, 0.1) is 6.04 Å². The average molecular weight is 173 g/mol. The molecule has 4 N–H and O–H groups in total. The van der Waals surface area contributed by atoms with E-state index in [-0.39, 0.29) is 11.8 Å². The minimum absolute atomic E-state index is 0.0165. The standard InChI is InChI=1S/C8H19N3O/c1-7(12)8(10-2)5-3-4-6-11-9/h8,10-11H,3-6,9H2,1-2H3/t8-/m0/s1. The summed E-state index contributed by atoms with van der Waals surface area (Å²) in [6.45, 7) is 2.43. The van der Waals surface area contributed by atoms with Gasteiger partial charge in [0, 0.05) is 6.54 Å². The highest BCUT2D eigenvalue weighted by Gasteiger charge is 2.09. The van der Waals surface area contributed by atoms with Crippen molar-refractivity contribution in [2.24, 2.45) is 5.84 Å². The number of carbonyl (C=O) groups is 1. The zero-order chi connectivity index (χ0) is 9.40. The maximum absolute atomic E-state index is 10.9. The van der Waals surface area contributed by atoms with Crippen molar-refractivity contribution in [3.8, 4) is 0 Å². The predicted octanol–water partition coefficient (Wildman–Crippen LogP) is -0.203. The van der Waals surface area contributed by atoms with Gasteiger partial charge in [-0.1, -0.05) is 6.42 Å². The molecule has 0 amide bonds. The molecule has 0 unspecified atom stereocenters. The Kier molecular flexibility index (Phi) is 6.94. The number of Topliss-reactive ketones (excluding diaryl/α,β-unsaturated/α-hetero) is 1. The summed E-state index contributed by atoms with van der Waals surface area (Å²) in [5.41, 5.74) is 2.58. The summed E-state index contributed by atoms with van der Waals surface area (Å²) < 4.78 is 0. The van der Waals surface area contributed by atoms with Crippen LogP contribution in [0.2, 0.25) is 0 Å². The van der Waals surface area contributed by atoms with Crippen molar-refractivity contribution in [1.29, 1.82) is 0 Å². The van der Waals surface area contributed by atoms with E-state index in [2.05, 4.69) is 10.7 Å². The predicted molar refractivity (Wildman–Crippen MR) is 49.6 cm³/mol. The summed E-state index contributed by atoms with van der Waals surface area (Å²) >= 11 is 0. The third kappa shape index (κ3) is 5.23. The highest BCUT2D eigenvalue weighted by Crippen LogP contribution is 2.00. The molecule has 0 aromatic carbocycles. The van der Waals surface area contributed by atoms with Crippen molar-refractivity contribution in [1.82, 2.24) is 10.7 Å². The van der Waals surface area contributed by atoms with Crippen LogP contribution in [0.15, 0.2) is 0 Å². The molecular formula is C8H19N3O. The second kappa shape index (κ2) is 7.21. The van der Waals surface area contributed by atoms with E-state index in [1.54, 1.807) is 6.92 Å². The van der Waals surface area contributed by atoms with Crippen molar-refractivity contribution < 1.29 is 4.79 Å². The Morgan fingerprint density at radius 1 is 1.50 bits per heavy atom. The van der Waals surface area contributed by atoms with Crippen LogP contribution < -0.4 is 16.6 Å². The van der Waals surface area contributed by atoms with E-state index in [1.807, 2.05) is 7.05 Å². The number of hydrogen-bond donors (Lipinski definition) is 3. The van der Waals surface area contributed by atoms with Gasteiger partial charge in [-0.3, -0.25) is 16.1 Å². The van der Waals surface area contributed by atoms with Crippen LogP contribution in [0.25, 0.3) is 0 Å². The van der Waals surface area contributed by atoms with Crippen molar-refractivity contribution in [3.63, 3.8) is 0 Å². The van der Waals surface area contributed by atoms with Crippen molar-refractivity contribution in [3.05, 3.63) is 0 Å². The molecule has 0 aliphatic heterocycles. The van der Waals surface area contributed by atoms with Gasteiger partial charge in [0.2, 0.25) is 0 Å². The second-order valence-corrected chi connectivity index (χ2v) is 2.90. The molecule has 0 bridgehead atoms. The highest BCUT2D eigenvalue weighted by atomic mass is 16.1. The zero-order valence-corrected chi connectivity index (χ0v) is 7.89. The molecule has 0 fully saturated rings. The van der Waals surface area contributed by atoms with Crippen LogP contribution in [-0.4, -0.2) is 25.4 Å². The van der Waals surface area contributed by atoms with Gasteiger partial charge in [0.25, 0.3) is 0 Å². The molecule has 0 rings (SSSR count). The number of nitrogens with two attached hydrogens (primary N) is 1. The topological polar surface area (TPSA) is 67.2 Å². The lowest BCUT2D eigenvalue weighted by atomic mass is 10.1. The Morgan fingerprint density at radius 3 is 2.58 bits per heavy atom. The molecule has 0 heterocycles. The quantitative estimate of drug-likeness (QED) is 0.283. The fraction of sp³-hybridized carbons (Fsp3) is 0.875. The van der Waals surface area contributed by atoms with E-state index in [0.717, 1.165) is 25.8 Å². The Labute approximate surface area is 73.9 Å². The number of rotatable bonds is 7. The lowest BCUT2D eigenvalue weighted by Gasteiger charge is -2.11. The first-order chi connectivity index (χ1) is 5.72. The molecule has 0 saturated heterocycles. The molecule has 0 aliphatic carbocycles. The molecular weight excluding hydrogens is 154 g/mol. The number of likely N-dealkylation sites (N-methyl/N-ethyl adjacent to an activating group) is 1. The minimum atomic E-state index is 0.0165. The number of carbonyl (C=O) groups excluding carboxylic acids is 1. The van der Waals surface area contributed by atoms with E-state index in [1.165, 1.54) is 0 Å². The first-order valence-corrected chi connectivity index (χ1v) is 4.33. The third-order valence-corrected chi connectivity index (χ3v) is 1.90. The Balaban J connectivity index is 3.38. The Morgan fingerprint density at radius 2 is 2.17 bits per heavy atom. The fourth-order valence-electron chi connectivity index (χ4n) is 1.13. The number of hydrogen-bond acceptors (Lipinski definition) is 4. The number of nitrogens with one attached hydrogen (secondary N) is 2. The number of hydrazine groups is 1. The SMILES string of the molecule is CN[C@@H](CCCCNN)C(C)=O. The van der Waals surface area contributed by atoms with E-state index in [0.29, 0.717) is 0 Å². The van der Waals surface area contributed by atoms with Crippen LogP contribution in [0.3, 0.4) is 0 Å². The van der Waals surface area contributed by atoms with Gasteiger partial charge in [-0.25, -0.2) is 0 Å². The Hall–Kier alpha value is -0.450. The second-order valence-electron chi connectivity index (χ2n) is 2.90. The molecule has 72 valence electrons. The van der Waals surface area contributed by atoms with Crippen LogP contribution in [0.4, 0.5) is 0 Å². The molecule has 0 radical (unpaired) electrons. The molecule has 1 atom stereocenters. The molecule has 12 heavy (non-hydrogen) atoms. The van der Waals surface area contributed by atoms with Crippen LogP contribution in [0.5, 0.6) is 0 Å². The van der Waals surface area contributed by atoms with Crippen molar-refractivity contribution >= 4 is 5.78 Å². The van der Waals surface area contributed by atoms with Gasteiger partial charge in [-0.15, -0.1) is 0 Å². The molecule has 0 aromatic heterocycles. The fourth-order valence-corrected chi connectivity index (χ4v) is 1.13. The number of unbranched alkanes of at least 4 members (excludes halogenated alkanes) is 1. The van der Waals surface area contributed by atoms with E-state index >= 15 is 0 Å². The first kappa shape index (κ1) is 11.6. The van der Waals surface area contributed by atoms with E-state index < -0.39 is 0 Å². The summed E-state index contributed by atoms with van der Waals surface area (Å²) in [5.74, 6) is 5.31. The van der Waals surface area contributed by atoms with Crippen LogP contribution in [0, 0.1) is 0 Å². The van der Waals surface area contributed by atoms with Crippen molar-refractivity contribution in [2.75, 3.05) is 13.6 Å². The highest BCUT2D eigenvalue weighted by molar-refractivity contribution is 5.81. The summed E-state index contributed by atoms with van der Waals surface area (Å²) in [7, 11) is 1.81. The van der Waals surface area contributed by atoms with Crippen molar-refractivity contribution in [2.45, 2.75) is 32.2 Å². The number of ketones is 1. The van der Waals surface area contributed by atoms with E-state index in [4.69, 9.17) is 5.84 Å². The average Bonchev–Trinajstić information content (AvgIpc) is 2.04. The van der Waals surface area contributed by atoms with Gasteiger partial charge in [-0.2, -0.15) is 0 Å². The molecule has 0 saturated carbocycles. The van der Waals surface area contributed by atoms with Gasteiger partial charge < -0.3 is 5.32 Å². The lowest BCUT2D eigenvalue weighted by Crippen LogP contribution is -2.32. The maximum Gasteiger partial charge on any atom is 0.146 e. The molecule has 0 aromatic rings. The van der Waals surface area contributed by atoms with Gasteiger partial charge in [0.15, 0.2) is 0 Å². The largest absolute Gasteiger partial charge is 0.311 e. The minimum Gasteiger partial charge on any atom is -0.311 e. The lowest BCUT2D eigenvalue weighted by molar-refractivity contribution is -0.119. The molecule has 0 aliphatic rings. The monoisotopic (exact) mass is 173 g/mol. The maximum atomic E-state index is 10.9. The molecule has 0 spiro atoms. The van der Waals surface area contributed by atoms with Gasteiger partial charge in [-0.05, 0) is 26.8 Å². The zero-order valence-electron chi connectivity index (χ0n) is 7.89. The summed E-state index contributed by atoms with van der Waals surface area (Å²) in [4.78, 5) is 10.9. The molecule has 4 nitrogen and oxygen atoms in total.